The molecule has 2 fully saturated rings. The molecule has 6 rings (SSSR count). The van der Waals surface area contributed by atoms with E-state index in [-0.39, 0.29) is 11.9 Å². The highest BCUT2D eigenvalue weighted by Gasteiger charge is 2.48. The second-order valence-corrected chi connectivity index (χ2v) is 10.0. The van der Waals surface area contributed by atoms with Crippen molar-refractivity contribution in [1.29, 1.82) is 0 Å². The lowest BCUT2D eigenvalue weighted by Crippen LogP contribution is -2.39. The number of nitrogens with one attached hydrogen (secondary N) is 1. The van der Waals surface area contributed by atoms with Crippen molar-refractivity contribution < 1.29 is 14.3 Å². The first-order chi connectivity index (χ1) is 17.6. The van der Waals surface area contributed by atoms with Gasteiger partial charge in [0, 0.05) is 24.6 Å². The molecular formula is C30H29N3O3. The van der Waals surface area contributed by atoms with Gasteiger partial charge >= 0.3 is 5.97 Å². The summed E-state index contributed by atoms with van der Waals surface area (Å²) in [5.41, 5.74) is 4.92. The molecule has 2 aliphatic rings. The van der Waals surface area contributed by atoms with E-state index >= 15 is 0 Å². The van der Waals surface area contributed by atoms with Crippen LogP contribution in [0.15, 0.2) is 72.8 Å². The molecule has 1 saturated carbocycles. The molecule has 6 heteroatoms. The van der Waals surface area contributed by atoms with E-state index in [2.05, 4.69) is 46.3 Å². The van der Waals surface area contributed by atoms with Gasteiger partial charge < -0.3 is 14.6 Å². The van der Waals surface area contributed by atoms with Crippen molar-refractivity contribution in [2.24, 2.45) is 11.3 Å². The van der Waals surface area contributed by atoms with Crippen LogP contribution in [0.1, 0.15) is 29.6 Å². The molecule has 3 aromatic carbocycles. The Morgan fingerprint density at radius 2 is 1.72 bits per heavy atom. The van der Waals surface area contributed by atoms with Gasteiger partial charge in [-0.3, -0.25) is 4.79 Å². The molecule has 0 radical (unpaired) electrons. The maximum atomic E-state index is 13.5. The number of carbonyl (C=O) groups excluding carboxylic acids is 2. The topological polar surface area (TPSA) is 73.2 Å². The van der Waals surface area contributed by atoms with E-state index in [0.29, 0.717) is 24.4 Å². The number of esters is 1. The Kier molecular flexibility index (Phi) is 5.69. The van der Waals surface area contributed by atoms with Gasteiger partial charge in [-0.15, -0.1) is 0 Å². The standard InChI is InChI=1S/C30H29N3O3/c1-36-29(35)24-13-14-25-26(17-24)33(19-30(15-16-31-18-30)27(34)22-9-10-22)28(32-25)23-11-7-21(8-12-23)20-5-3-2-4-6-20/h2-8,11-14,17,22,31H,9-10,15-16,18-19H2,1H3/t30-/m0/s1. The van der Waals surface area contributed by atoms with Gasteiger partial charge in [-0.25, -0.2) is 9.78 Å². The number of ether oxygens (including phenoxy) is 1. The van der Waals surface area contributed by atoms with E-state index in [1.165, 1.54) is 7.11 Å². The van der Waals surface area contributed by atoms with Gasteiger partial charge in [0.2, 0.25) is 0 Å². The first-order valence-corrected chi connectivity index (χ1v) is 12.6. The van der Waals surface area contributed by atoms with Gasteiger partial charge in [0.05, 0.1) is 29.1 Å². The number of methoxy groups -OCH3 is 1. The number of rotatable bonds is 7. The number of hydrogen-bond acceptors (Lipinski definition) is 5. The van der Waals surface area contributed by atoms with E-state index in [1.807, 2.05) is 30.3 Å². The third kappa shape index (κ3) is 4.01. The smallest absolute Gasteiger partial charge is 0.337 e. The maximum Gasteiger partial charge on any atom is 0.337 e. The van der Waals surface area contributed by atoms with Crippen LogP contribution in [0.25, 0.3) is 33.5 Å². The fraction of sp³-hybridized carbons (Fsp3) is 0.300. The fourth-order valence-corrected chi connectivity index (χ4v) is 5.44. The zero-order chi connectivity index (χ0) is 24.7. The Hall–Kier alpha value is -3.77. The molecule has 1 aliphatic heterocycles. The molecule has 36 heavy (non-hydrogen) atoms. The summed E-state index contributed by atoms with van der Waals surface area (Å²) in [6.07, 6.45) is 2.79. The second-order valence-electron chi connectivity index (χ2n) is 10.0. The normalized spacial score (nSPS) is 19.5. The molecule has 182 valence electrons. The molecule has 1 atom stereocenters. The quantitative estimate of drug-likeness (QED) is 0.373. The first kappa shape index (κ1) is 22.7. The van der Waals surface area contributed by atoms with E-state index in [1.54, 1.807) is 6.07 Å². The van der Waals surface area contributed by atoms with Gasteiger partial charge in [-0.1, -0.05) is 54.6 Å². The molecule has 2 heterocycles. The van der Waals surface area contributed by atoms with E-state index in [9.17, 15) is 9.59 Å². The number of ketones is 1. The SMILES string of the molecule is COC(=O)c1ccc2nc(-c3ccc(-c4ccccc4)cc3)n(C[C@]3(C(=O)C4CC4)CCNC3)c2c1. The van der Waals surface area contributed by atoms with Gasteiger partial charge in [0.25, 0.3) is 0 Å². The Morgan fingerprint density at radius 1 is 1.00 bits per heavy atom. The molecule has 1 aromatic heterocycles. The van der Waals surface area contributed by atoms with Crippen molar-refractivity contribution in [2.75, 3.05) is 20.2 Å². The third-order valence-electron chi connectivity index (χ3n) is 7.59. The number of nitrogens with zero attached hydrogens (tertiary/aromatic N) is 2. The van der Waals surface area contributed by atoms with Crippen LogP contribution < -0.4 is 5.32 Å². The lowest BCUT2D eigenvalue weighted by atomic mass is 9.80. The summed E-state index contributed by atoms with van der Waals surface area (Å²) in [6.45, 7) is 2.04. The van der Waals surface area contributed by atoms with Crippen molar-refractivity contribution in [3.8, 4) is 22.5 Å². The van der Waals surface area contributed by atoms with Crippen molar-refractivity contribution in [3.05, 3.63) is 78.4 Å². The lowest BCUT2D eigenvalue weighted by Gasteiger charge is -2.28. The van der Waals surface area contributed by atoms with Crippen molar-refractivity contribution >= 4 is 22.8 Å². The average molecular weight is 480 g/mol. The van der Waals surface area contributed by atoms with Gasteiger partial charge in [0.15, 0.2) is 0 Å². The van der Waals surface area contributed by atoms with Crippen molar-refractivity contribution in [1.82, 2.24) is 14.9 Å². The van der Waals surface area contributed by atoms with E-state index in [4.69, 9.17) is 9.72 Å². The number of carbonyl (C=O) groups is 2. The summed E-state index contributed by atoms with van der Waals surface area (Å²) in [5, 5.41) is 3.43. The first-order valence-electron chi connectivity index (χ1n) is 12.6. The minimum Gasteiger partial charge on any atom is -0.465 e. The highest BCUT2D eigenvalue weighted by Crippen LogP contribution is 2.42. The van der Waals surface area contributed by atoms with Crippen LogP contribution in [0.5, 0.6) is 0 Å². The molecule has 0 amide bonds. The van der Waals surface area contributed by atoms with Gasteiger partial charge in [0.1, 0.15) is 11.6 Å². The molecule has 4 aromatic rings. The number of aromatic nitrogens is 2. The largest absolute Gasteiger partial charge is 0.465 e. The predicted molar refractivity (Wildman–Crippen MR) is 140 cm³/mol. The Labute approximate surface area is 210 Å². The lowest BCUT2D eigenvalue weighted by molar-refractivity contribution is -0.129. The van der Waals surface area contributed by atoms with Crippen LogP contribution in [-0.4, -0.2) is 41.5 Å². The molecular weight excluding hydrogens is 450 g/mol. The van der Waals surface area contributed by atoms with Crippen molar-refractivity contribution in [2.45, 2.75) is 25.8 Å². The molecule has 1 saturated heterocycles. The van der Waals surface area contributed by atoms with Crippen LogP contribution in [0.3, 0.4) is 0 Å². The molecule has 0 bridgehead atoms. The highest BCUT2D eigenvalue weighted by atomic mass is 16.5. The Balaban J connectivity index is 1.47. The molecule has 0 unspecified atom stereocenters. The molecule has 1 N–H and O–H groups in total. The molecule has 0 spiro atoms. The van der Waals surface area contributed by atoms with Crippen LogP contribution in [0.2, 0.25) is 0 Å². The van der Waals surface area contributed by atoms with Crippen molar-refractivity contribution in [3.63, 3.8) is 0 Å². The minimum atomic E-state index is -0.463. The monoisotopic (exact) mass is 479 g/mol. The number of benzene rings is 3. The summed E-state index contributed by atoms with van der Waals surface area (Å²) in [5.74, 6) is 0.967. The minimum absolute atomic E-state index is 0.180. The number of Topliss-reactive ketones (excluding diaryl/α,β-unsaturated/α-hetero) is 1. The van der Waals surface area contributed by atoms with Crippen LogP contribution in [0, 0.1) is 11.3 Å². The van der Waals surface area contributed by atoms with Crippen LogP contribution >= 0.6 is 0 Å². The number of hydrogen-bond donors (Lipinski definition) is 1. The third-order valence-corrected chi connectivity index (χ3v) is 7.59. The zero-order valence-corrected chi connectivity index (χ0v) is 20.4. The average Bonchev–Trinajstić information content (AvgIpc) is 3.57. The summed E-state index contributed by atoms with van der Waals surface area (Å²) < 4.78 is 7.12. The Morgan fingerprint density at radius 3 is 2.39 bits per heavy atom. The molecule has 6 nitrogen and oxygen atoms in total. The second kappa shape index (κ2) is 9.03. The number of fused-ring (bicyclic) bond motifs is 1. The van der Waals surface area contributed by atoms with Crippen LogP contribution in [-0.2, 0) is 16.1 Å². The van der Waals surface area contributed by atoms with Crippen LogP contribution in [0.4, 0.5) is 0 Å². The fourth-order valence-electron chi connectivity index (χ4n) is 5.44. The van der Waals surface area contributed by atoms with Gasteiger partial charge in [-0.05, 0) is 55.1 Å². The zero-order valence-electron chi connectivity index (χ0n) is 20.4. The summed E-state index contributed by atoms with van der Waals surface area (Å²) >= 11 is 0. The Bertz CT molecular complexity index is 1430. The number of imidazole rings is 1. The van der Waals surface area contributed by atoms with E-state index < -0.39 is 5.41 Å². The summed E-state index contributed by atoms with van der Waals surface area (Å²) in [4.78, 5) is 30.8. The maximum absolute atomic E-state index is 13.5. The molecule has 1 aliphatic carbocycles. The van der Waals surface area contributed by atoms with E-state index in [0.717, 1.165) is 59.4 Å². The highest BCUT2D eigenvalue weighted by molar-refractivity contribution is 5.95. The van der Waals surface area contributed by atoms with Gasteiger partial charge in [-0.2, -0.15) is 0 Å². The summed E-state index contributed by atoms with van der Waals surface area (Å²) in [6, 6.07) is 24.1. The predicted octanol–water partition coefficient (Wildman–Crippen LogP) is 5.12. The summed E-state index contributed by atoms with van der Waals surface area (Å²) in [7, 11) is 1.39.